The first-order valence-corrected chi connectivity index (χ1v) is 8.93. The molecule has 2 aromatic carbocycles. The molecule has 0 bridgehead atoms. The number of pyridine rings is 1. The number of anilines is 3. The Morgan fingerprint density at radius 3 is 2.54 bits per heavy atom. The van der Waals surface area contributed by atoms with Crippen LogP contribution in [0.3, 0.4) is 0 Å². The van der Waals surface area contributed by atoms with Crippen molar-refractivity contribution in [3.63, 3.8) is 0 Å². The van der Waals surface area contributed by atoms with Gasteiger partial charge in [0.15, 0.2) is 0 Å². The number of carbonyl (C=O) groups excluding carboxylic acids is 1. The molecule has 138 valence electrons. The highest BCUT2D eigenvalue weighted by Gasteiger charge is 2.13. The summed E-state index contributed by atoms with van der Waals surface area (Å²) in [5.41, 5.74) is 4.35. The maximum absolute atomic E-state index is 12.7. The number of amides is 1. The summed E-state index contributed by atoms with van der Waals surface area (Å²) >= 11 is 0. The number of nitrogens with one attached hydrogen (secondary N) is 2. The number of benzene rings is 2. The fourth-order valence-electron chi connectivity index (χ4n) is 2.97. The molecule has 6 nitrogen and oxygen atoms in total. The molecule has 2 aromatic heterocycles. The Morgan fingerprint density at radius 2 is 1.68 bits per heavy atom. The number of carbonyl (C=O) groups is 1. The number of para-hydroxylation sites is 2. The van der Waals surface area contributed by atoms with Crippen molar-refractivity contribution in [3.05, 3.63) is 83.8 Å². The molecule has 0 atom stereocenters. The molecule has 2 N–H and O–H groups in total. The lowest BCUT2D eigenvalue weighted by Crippen LogP contribution is -2.16. The van der Waals surface area contributed by atoms with E-state index in [4.69, 9.17) is 0 Å². The van der Waals surface area contributed by atoms with Gasteiger partial charge in [0.25, 0.3) is 5.91 Å². The van der Waals surface area contributed by atoms with Gasteiger partial charge >= 0.3 is 0 Å². The molecule has 0 spiro atoms. The molecule has 1 amide bonds. The molecule has 0 aliphatic carbocycles. The third kappa shape index (κ3) is 3.66. The normalized spacial score (nSPS) is 10.6. The van der Waals surface area contributed by atoms with Crippen molar-refractivity contribution in [2.45, 2.75) is 13.8 Å². The van der Waals surface area contributed by atoms with Gasteiger partial charge in [-0.15, -0.1) is 0 Å². The van der Waals surface area contributed by atoms with Crippen molar-refractivity contribution in [2.75, 3.05) is 10.6 Å². The van der Waals surface area contributed by atoms with E-state index in [2.05, 4.69) is 25.6 Å². The zero-order chi connectivity index (χ0) is 19.5. The van der Waals surface area contributed by atoms with E-state index in [1.165, 1.54) is 0 Å². The van der Waals surface area contributed by atoms with E-state index in [9.17, 15) is 4.79 Å². The summed E-state index contributed by atoms with van der Waals surface area (Å²) in [5.74, 6) is 0.0759. The van der Waals surface area contributed by atoms with Crippen LogP contribution in [0.15, 0.2) is 66.9 Å². The predicted molar refractivity (Wildman–Crippen MR) is 111 cm³/mol. The van der Waals surface area contributed by atoms with Gasteiger partial charge in [-0.2, -0.15) is 0 Å². The van der Waals surface area contributed by atoms with Crippen LogP contribution in [0.2, 0.25) is 0 Å². The first-order valence-electron chi connectivity index (χ1n) is 8.93. The fraction of sp³-hybridized carbons (Fsp3) is 0.0909. The van der Waals surface area contributed by atoms with Crippen LogP contribution in [0.4, 0.5) is 17.3 Å². The molecule has 4 rings (SSSR count). The summed E-state index contributed by atoms with van der Waals surface area (Å²) in [5, 5.41) is 7.11. The Balaban J connectivity index is 1.64. The van der Waals surface area contributed by atoms with E-state index in [0.717, 1.165) is 27.8 Å². The van der Waals surface area contributed by atoms with Crippen molar-refractivity contribution in [1.82, 2.24) is 15.0 Å². The summed E-state index contributed by atoms with van der Waals surface area (Å²) < 4.78 is 0. The molecule has 28 heavy (non-hydrogen) atoms. The summed E-state index contributed by atoms with van der Waals surface area (Å²) in [6.45, 7) is 3.78. The Kier molecular flexibility index (Phi) is 4.68. The Hall–Kier alpha value is -3.80. The van der Waals surface area contributed by atoms with Gasteiger partial charge < -0.3 is 10.6 Å². The maximum Gasteiger partial charge on any atom is 0.274 e. The quantitative estimate of drug-likeness (QED) is 0.548. The lowest BCUT2D eigenvalue weighted by Gasteiger charge is -2.11. The van der Waals surface area contributed by atoms with Crippen LogP contribution in [-0.2, 0) is 0 Å². The van der Waals surface area contributed by atoms with Crippen molar-refractivity contribution in [1.29, 1.82) is 0 Å². The second kappa shape index (κ2) is 7.44. The van der Waals surface area contributed by atoms with Gasteiger partial charge in [0, 0.05) is 23.0 Å². The Bertz CT molecular complexity index is 1170. The number of nitrogens with zero attached hydrogens (tertiary/aromatic N) is 3. The van der Waals surface area contributed by atoms with Gasteiger partial charge in [-0.1, -0.05) is 36.4 Å². The number of fused-ring (bicyclic) bond motifs is 1. The number of hydrogen-bond donors (Lipinski definition) is 2. The monoisotopic (exact) mass is 369 g/mol. The smallest absolute Gasteiger partial charge is 0.274 e. The van der Waals surface area contributed by atoms with E-state index >= 15 is 0 Å². The molecule has 0 radical (unpaired) electrons. The molecular weight excluding hydrogens is 350 g/mol. The zero-order valence-corrected chi connectivity index (χ0v) is 15.6. The first kappa shape index (κ1) is 17.6. The number of hydrogen-bond acceptors (Lipinski definition) is 5. The third-order valence-corrected chi connectivity index (χ3v) is 4.36. The average Bonchev–Trinajstić information content (AvgIpc) is 2.69. The minimum atomic E-state index is -0.279. The predicted octanol–water partition coefficient (Wildman–Crippen LogP) is 4.64. The molecule has 6 heteroatoms. The molecular formula is C22H19N5O. The van der Waals surface area contributed by atoms with Crippen LogP contribution < -0.4 is 10.6 Å². The molecule has 4 aromatic rings. The van der Waals surface area contributed by atoms with E-state index in [1.807, 2.05) is 68.4 Å². The second-order valence-electron chi connectivity index (χ2n) is 6.49. The van der Waals surface area contributed by atoms with Crippen molar-refractivity contribution < 1.29 is 4.79 Å². The molecule has 0 aliphatic heterocycles. The first-order chi connectivity index (χ1) is 13.6. The van der Waals surface area contributed by atoms with Crippen molar-refractivity contribution in [3.8, 4) is 0 Å². The third-order valence-electron chi connectivity index (χ3n) is 4.36. The van der Waals surface area contributed by atoms with E-state index < -0.39 is 0 Å². The van der Waals surface area contributed by atoms with E-state index in [0.29, 0.717) is 17.3 Å². The van der Waals surface area contributed by atoms with Crippen LogP contribution in [0.1, 0.15) is 21.7 Å². The highest BCUT2D eigenvalue weighted by Crippen LogP contribution is 2.23. The largest absolute Gasteiger partial charge is 0.322 e. The van der Waals surface area contributed by atoms with Gasteiger partial charge in [-0.3, -0.25) is 9.78 Å². The van der Waals surface area contributed by atoms with Crippen LogP contribution in [-0.4, -0.2) is 20.9 Å². The number of aryl methyl sites for hydroxylation is 2. The lowest BCUT2D eigenvalue weighted by atomic mass is 10.2. The van der Waals surface area contributed by atoms with Crippen LogP contribution in [0.25, 0.3) is 10.9 Å². The number of rotatable bonds is 4. The summed E-state index contributed by atoms with van der Waals surface area (Å²) in [4.78, 5) is 25.9. The average molecular weight is 369 g/mol. The van der Waals surface area contributed by atoms with Gasteiger partial charge in [0.1, 0.15) is 5.69 Å². The Morgan fingerprint density at radius 1 is 0.893 bits per heavy atom. The molecule has 0 aliphatic rings. The van der Waals surface area contributed by atoms with Crippen LogP contribution in [0, 0.1) is 13.8 Å². The summed E-state index contributed by atoms with van der Waals surface area (Å²) in [6.07, 6.45) is 1.74. The minimum Gasteiger partial charge on any atom is -0.322 e. The molecule has 0 saturated heterocycles. The molecule has 0 fully saturated rings. The van der Waals surface area contributed by atoms with E-state index in [-0.39, 0.29) is 5.91 Å². The van der Waals surface area contributed by atoms with Crippen LogP contribution in [0.5, 0.6) is 0 Å². The van der Waals surface area contributed by atoms with Gasteiger partial charge in [0.2, 0.25) is 5.95 Å². The standard InChI is InChI=1S/C22H19N5O/c1-14-7-3-4-10-17(14)25-21(28)19-13-15(2)24-22(27-19)26-18-11-5-8-16-9-6-12-23-20(16)18/h3-13H,1-2H3,(H,25,28)(H,24,26,27). The topological polar surface area (TPSA) is 79.8 Å². The highest BCUT2D eigenvalue weighted by atomic mass is 16.1. The molecule has 2 heterocycles. The second-order valence-corrected chi connectivity index (χ2v) is 6.49. The molecule has 0 unspecified atom stereocenters. The van der Waals surface area contributed by atoms with Crippen molar-refractivity contribution >= 4 is 34.1 Å². The highest BCUT2D eigenvalue weighted by molar-refractivity contribution is 6.03. The van der Waals surface area contributed by atoms with Gasteiger partial charge in [0.05, 0.1) is 11.2 Å². The summed E-state index contributed by atoms with van der Waals surface area (Å²) in [7, 11) is 0. The fourth-order valence-corrected chi connectivity index (χ4v) is 2.97. The molecule has 0 saturated carbocycles. The van der Waals surface area contributed by atoms with E-state index in [1.54, 1.807) is 12.3 Å². The van der Waals surface area contributed by atoms with Gasteiger partial charge in [-0.05, 0) is 43.7 Å². The number of aromatic nitrogens is 3. The lowest BCUT2D eigenvalue weighted by molar-refractivity contribution is 0.102. The summed E-state index contributed by atoms with van der Waals surface area (Å²) in [6, 6.07) is 19.0. The van der Waals surface area contributed by atoms with Gasteiger partial charge in [-0.25, -0.2) is 9.97 Å². The zero-order valence-electron chi connectivity index (χ0n) is 15.6. The maximum atomic E-state index is 12.7. The van der Waals surface area contributed by atoms with Crippen molar-refractivity contribution in [2.24, 2.45) is 0 Å². The van der Waals surface area contributed by atoms with Crippen LogP contribution >= 0.6 is 0 Å². The minimum absolute atomic E-state index is 0.279. The Labute approximate surface area is 162 Å². The SMILES string of the molecule is Cc1cc(C(=O)Nc2ccccc2C)nc(Nc2cccc3cccnc23)n1.